The van der Waals surface area contributed by atoms with E-state index in [0.29, 0.717) is 6.42 Å². The minimum Gasteiger partial charge on any atom is -0.281 e. The quantitative estimate of drug-likeness (QED) is 0.783. The molecular weight excluding hydrogens is 246 g/mol. The summed E-state index contributed by atoms with van der Waals surface area (Å²) >= 11 is 0. The van der Waals surface area contributed by atoms with Gasteiger partial charge in [-0.1, -0.05) is 57.2 Å². The standard InChI is InChI=1S/C18H21NO/c1-18(2,3)14-17(20)19(15-10-6-4-7-11-15)16-12-8-5-9-13-16/h4-13H,14H2,1-3H3. The second kappa shape index (κ2) is 5.91. The smallest absolute Gasteiger partial charge is 0.232 e. The highest BCUT2D eigenvalue weighted by Crippen LogP contribution is 2.29. The van der Waals surface area contributed by atoms with E-state index >= 15 is 0 Å². The molecule has 0 radical (unpaired) electrons. The van der Waals surface area contributed by atoms with Crippen molar-refractivity contribution in [3.63, 3.8) is 0 Å². The van der Waals surface area contributed by atoms with E-state index in [9.17, 15) is 4.79 Å². The fraction of sp³-hybridized carbons (Fsp3) is 0.278. The summed E-state index contributed by atoms with van der Waals surface area (Å²) in [6.45, 7) is 6.25. The van der Waals surface area contributed by atoms with E-state index in [0.717, 1.165) is 11.4 Å². The van der Waals surface area contributed by atoms with E-state index in [-0.39, 0.29) is 11.3 Å². The highest BCUT2D eigenvalue weighted by molar-refractivity contribution is 6.00. The second-order valence-corrected chi connectivity index (χ2v) is 6.14. The van der Waals surface area contributed by atoms with Crippen LogP contribution in [0.2, 0.25) is 0 Å². The molecule has 0 aliphatic carbocycles. The zero-order valence-electron chi connectivity index (χ0n) is 12.3. The van der Waals surface area contributed by atoms with Gasteiger partial charge in [0.2, 0.25) is 5.91 Å². The largest absolute Gasteiger partial charge is 0.281 e. The zero-order valence-corrected chi connectivity index (χ0v) is 12.3. The summed E-state index contributed by atoms with van der Waals surface area (Å²) in [5, 5.41) is 0. The molecule has 0 aliphatic heterocycles. The SMILES string of the molecule is CC(C)(C)CC(=O)N(c1ccccc1)c1ccccc1. The molecule has 0 atom stereocenters. The van der Waals surface area contributed by atoms with Crippen LogP contribution in [0.1, 0.15) is 27.2 Å². The van der Waals surface area contributed by atoms with E-state index in [1.165, 1.54) is 0 Å². The van der Waals surface area contributed by atoms with Crippen molar-refractivity contribution in [2.75, 3.05) is 4.90 Å². The molecule has 0 N–H and O–H groups in total. The predicted octanol–water partition coefficient (Wildman–Crippen LogP) is 4.79. The average molecular weight is 267 g/mol. The lowest BCUT2D eigenvalue weighted by Crippen LogP contribution is -2.29. The van der Waals surface area contributed by atoms with Gasteiger partial charge in [0.05, 0.1) is 0 Å². The molecule has 2 aromatic rings. The lowest BCUT2D eigenvalue weighted by atomic mass is 9.91. The molecule has 2 aromatic carbocycles. The van der Waals surface area contributed by atoms with Crippen molar-refractivity contribution >= 4 is 17.3 Å². The number of carbonyl (C=O) groups excluding carboxylic acids is 1. The molecule has 104 valence electrons. The van der Waals surface area contributed by atoms with E-state index in [1.54, 1.807) is 4.90 Å². The highest BCUT2D eigenvalue weighted by atomic mass is 16.2. The van der Waals surface area contributed by atoms with Gasteiger partial charge in [-0.05, 0) is 29.7 Å². The van der Waals surface area contributed by atoms with Crippen LogP contribution in [0.25, 0.3) is 0 Å². The Morgan fingerprint density at radius 3 is 1.60 bits per heavy atom. The number of rotatable bonds is 3. The van der Waals surface area contributed by atoms with Crippen LogP contribution in [-0.4, -0.2) is 5.91 Å². The van der Waals surface area contributed by atoms with Crippen LogP contribution in [0.4, 0.5) is 11.4 Å². The Kier molecular flexibility index (Phi) is 4.23. The number of hydrogen-bond donors (Lipinski definition) is 0. The number of hydrogen-bond acceptors (Lipinski definition) is 1. The summed E-state index contributed by atoms with van der Waals surface area (Å²) < 4.78 is 0. The van der Waals surface area contributed by atoms with Gasteiger partial charge in [-0.3, -0.25) is 9.69 Å². The molecule has 0 aliphatic rings. The fourth-order valence-electron chi connectivity index (χ4n) is 2.12. The number of anilines is 2. The molecule has 2 nitrogen and oxygen atoms in total. The number of benzene rings is 2. The molecule has 20 heavy (non-hydrogen) atoms. The summed E-state index contributed by atoms with van der Waals surface area (Å²) in [6.07, 6.45) is 0.511. The molecule has 0 spiro atoms. The van der Waals surface area contributed by atoms with Gasteiger partial charge < -0.3 is 0 Å². The van der Waals surface area contributed by atoms with E-state index in [4.69, 9.17) is 0 Å². The van der Waals surface area contributed by atoms with Gasteiger partial charge in [0.25, 0.3) is 0 Å². The first-order valence-corrected chi connectivity index (χ1v) is 6.90. The molecule has 0 fully saturated rings. The molecule has 1 amide bonds. The number of carbonyl (C=O) groups is 1. The molecule has 2 rings (SSSR count). The third-order valence-electron chi connectivity index (χ3n) is 2.96. The van der Waals surface area contributed by atoms with Crippen LogP contribution in [0, 0.1) is 5.41 Å². The average Bonchev–Trinajstić information content (AvgIpc) is 2.39. The first-order chi connectivity index (χ1) is 9.47. The highest BCUT2D eigenvalue weighted by Gasteiger charge is 2.23. The Balaban J connectivity index is 2.38. The summed E-state index contributed by atoms with van der Waals surface area (Å²) in [5.41, 5.74) is 1.79. The van der Waals surface area contributed by atoms with Crippen LogP contribution >= 0.6 is 0 Å². The summed E-state index contributed by atoms with van der Waals surface area (Å²) in [7, 11) is 0. The van der Waals surface area contributed by atoms with E-state index in [2.05, 4.69) is 20.8 Å². The summed E-state index contributed by atoms with van der Waals surface area (Å²) in [5.74, 6) is 0.120. The normalized spacial score (nSPS) is 11.2. The first kappa shape index (κ1) is 14.3. The lowest BCUT2D eigenvalue weighted by Gasteiger charge is -2.27. The second-order valence-electron chi connectivity index (χ2n) is 6.14. The predicted molar refractivity (Wildman–Crippen MR) is 84.1 cm³/mol. The third kappa shape index (κ3) is 3.70. The van der Waals surface area contributed by atoms with Crippen LogP contribution in [0.15, 0.2) is 60.7 Å². The fourth-order valence-corrected chi connectivity index (χ4v) is 2.12. The van der Waals surface area contributed by atoms with Crippen molar-refractivity contribution in [1.29, 1.82) is 0 Å². The topological polar surface area (TPSA) is 20.3 Å². The minimum atomic E-state index is -0.0289. The van der Waals surface area contributed by atoms with Crippen molar-refractivity contribution in [3.8, 4) is 0 Å². The van der Waals surface area contributed by atoms with Crippen LogP contribution < -0.4 is 4.90 Å². The monoisotopic (exact) mass is 267 g/mol. The van der Waals surface area contributed by atoms with E-state index < -0.39 is 0 Å². The maximum absolute atomic E-state index is 12.7. The number of nitrogens with zero attached hydrogens (tertiary/aromatic N) is 1. The minimum absolute atomic E-state index is 0.0289. The lowest BCUT2D eigenvalue weighted by molar-refractivity contribution is -0.119. The van der Waals surface area contributed by atoms with Crippen LogP contribution in [-0.2, 0) is 4.79 Å². The Bertz CT molecular complexity index is 515. The maximum Gasteiger partial charge on any atom is 0.232 e. The maximum atomic E-state index is 12.7. The van der Waals surface area contributed by atoms with Crippen molar-refractivity contribution in [2.24, 2.45) is 5.41 Å². The van der Waals surface area contributed by atoms with Crippen LogP contribution in [0.5, 0.6) is 0 Å². The van der Waals surface area contributed by atoms with Crippen molar-refractivity contribution in [1.82, 2.24) is 0 Å². The molecule has 0 heterocycles. The van der Waals surface area contributed by atoms with Gasteiger partial charge in [-0.15, -0.1) is 0 Å². The molecule has 0 unspecified atom stereocenters. The number of para-hydroxylation sites is 2. The summed E-state index contributed by atoms with van der Waals surface area (Å²) in [6, 6.07) is 19.6. The Labute approximate surface area is 121 Å². The third-order valence-corrected chi connectivity index (χ3v) is 2.96. The Morgan fingerprint density at radius 2 is 1.25 bits per heavy atom. The Morgan fingerprint density at radius 1 is 0.850 bits per heavy atom. The molecule has 2 heteroatoms. The molecule has 0 aromatic heterocycles. The molecule has 0 saturated carbocycles. The summed E-state index contributed by atoms with van der Waals surface area (Å²) in [4.78, 5) is 14.5. The van der Waals surface area contributed by atoms with Gasteiger partial charge in [0.15, 0.2) is 0 Å². The van der Waals surface area contributed by atoms with Crippen molar-refractivity contribution in [3.05, 3.63) is 60.7 Å². The molecular formula is C18H21NO. The number of amides is 1. The zero-order chi connectivity index (χ0) is 14.6. The van der Waals surface area contributed by atoms with Gasteiger partial charge in [-0.2, -0.15) is 0 Å². The van der Waals surface area contributed by atoms with Gasteiger partial charge in [0.1, 0.15) is 0 Å². The van der Waals surface area contributed by atoms with Gasteiger partial charge in [0, 0.05) is 17.8 Å². The van der Waals surface area contributed by atoms with Crippen molar-refractivity contribution < 1.29 is 4.79 Å². The van der Waals surface area contributed by atoms with Gasteiger partial charge in [-0.25, -0.2) is 0 Å². The molecule has 0 bridgehead atoms. The van der Waals surface area contributed by atoms with Crippen LogP contribution in [0.3, 0.4) is 0 Å². The first-order valence-electron chi connectivity index (χ1n) is 6.90. The molecule has 0 saturated heterocycles. The van der Waals surface area contributed by atoms with Gasteiger partial charge >= 0.3 is 0 Å². The Hall–Kier alpha value is -2.09. The van der Waals surface area contributed by atoms with E-state index in [1.807, 2.05) is 60.7 Å². The van der Waals surface area contributed by atoms with Crippen molar-refractivity contribution in [2.45, 2.75) is 27.2 Å².